The number of primary amides is 1. The fourth-order valence-corrected chi connectivity index (χ4v) is 4.51. The topological polar surface area (TPSA) is 104 Å². The number of fused-ring (bicyclic) bond motifs is 1. The summed E-state index contributed by atoms with van der Waals surface area (Å²) in [4.78, 5) is 17.4. The first-order chi connectivity index (χ1) is 13.2. The first-order valence-corrected chi connectivity index (χ1v) is 9.67. The zero-order valence-electron chi connectivity index (χ0n) is 14.7. The Kier molecular flexibility index (Phi) is 4.75. The van der Waals surface area contributed by atoms with E-state index < -0.39 is 5.91 Å². The number of anilines is 1. The summed E-state index contributed by atoms with van der Waals surface area (Å²) in [5.41, 5.74) is 7.61. The Balaban J connectivity index is 1.78. The Morgan fingerprint density at radius 2 is 2.19 bits per heavy atom. The van der Waals surface area contributed by atoms with Gasteiger partial charge in [0.15, 0.2) is 0 Å². The summed E-state index contributed by atoms with van der Waals surface area (Å²) in [7, 11) is 0. The number of carbonyl (C=O) groups is 1. The molecule has 1 saturated heterocycles. The zero-order chi connectivity index (χ0) is 18.8. The number of thiophene rings is 1. The van der Waals surface area contributed by atoms with E-state index in [-0.39, 0.29) is 0 Å². The molecule has 136 valence electrons. The van der Waals surface area contributed by atoms with Crippen molar-refractivity contribution in [1.82, 2.24) is 10.3 Å². The second-order valence-electron chi connectivity index (χ2n) is 6.61. The molecular formula is C20H19N5OS. The number of rotatable bonds is 4. The minimum absolute atomic E-state index is 0.312. The number of piperidine rings is 1. The molecule has 2 aromatic heterocycles. The van der Waals surface area contributed by atoms with Gasteiger partial charge in [0.1, 0.15) is 5.82 Å². The van der Waals surface area contributed by atoms with Gasteiger partial charge >= 0.3 is 0 Å². The molecule has 0 radical (unpaired) electrons. The van der Waals surface area contributed by atoms with Crippen LogP contribution in [0.2, 0.25) is 0 Å². The van der Waals surface area contributed by atoms with Crippen LogP contribution in [-0.2, 0) is 0 Å². The number of nitriles is 1. The van der Waals surface area contributed by atoms with E-state index >= 15 is 0 Å². The molecule has 1 amide bonds. The van der Waals surface area contributed by atoms with Crippen molar-refractivity contribution in [2.45, 2.75) is 18.9 Å². The minimum atomic E-state index is -0.480. The monoisotopic (exact) mass is 377 g/mol. The lowest BCUT2D eigenvalue weighted by atomic mass is 10.1. The van der Waals surface area contributed by atoms with Crippen LogP contribution in [0.4, 0.5) is 5.82 Å². The molecule has 0 aliphatic carbocycles. The largest absolute Gasteiger partial charge is 0.366 e. The van der Waals surface area contributed by atoms with Crippen molar-refractivity contribution in [3.05, 3.63) is 47.7 Å². The van der Waals surface area contributed by atoms with Crippen molar-refractivity contribution in [1.29, 1.82) is 5.26 Å². The number of hydrogen-bond acceptors (Lipinski definition) is 6. The molecule has 3 heterocycles. The number of nitrogens with one attached hydrogen (secondary N) is 2. The number of carbonyl (C=O) groups excluding carboxylic acids is 1. The Hall–Kier alpha value is -2.95. The number of amides is 1. The van der Waals surface area contributed by atoms with E-state index in [1.807, 2.05) is 18.2 Å². The van der Waals surface area contributed by atoms with Crippen molar-refractivity contribution in [2.75, 3.05) is 18.4 Å². The third kappa shape index (κ3) is 3.50. The fourth-order valence-electron chi connectivity index (χ4n) is 3.33. The van der Waals surface area contributed by atoms with Gasteiger partial charge in [0.2, 0.25) is 0 Å². The van der Waals surface area contributed by atoms with Crippen molar-refractivity contribution in [2.24, 2.45) is 5.73 Å². The van der Waals surface area contributed by atoms with E-state index in [4.69, 9.17) is 11.0 Å². The maximum Gasteiger partial charge on any atom is 0.251 e. The number of hydrogen-bond donors (Lipinski definition) is 3. The number of benzene rings is 1. The molecule has 1 aliphatic rings. The maximum absolute atomic E-state index is 11.9. The maximum atomic E-state index is 11.9. The van der Waals surface area contributed by atoms with E-state index in [0.717, 1.165) is 52.3 Å². The quantitative estimate of drug-likeness (QED) is 0.648. The second kappa shape index (κ2) is 7.35. The number of aromatic nitrogens is 1. The summed E-state index contributed by atoms with van der Waals surface area (Å²) in [6.07, 6.45) is 3.77. The molecule has 27 heavy (non-hydrogen) atoms. The van der Waals surface area contributed by atoms with Crippen LogP contribution in [0.5, 0.6) is 0 Å². The Morgan fingerprint density at radius 3 is 2.85 bits per heavy atom. The predicted octanol–water partition coefficient (Wildman–Crippen LogP) is 3.10. The number of nitrogens with zero attached hydrogens (tertiary/aromatic N) is 2. The van der Waals surface area contributed by atoms with Gasteiger partial charge in [0, 0.05) is 29.0 Å². The van der Waals surface area contributed by atoms with E-state index in [1.165, 1.54) is 11.3 Å². The van der Waals surface area contributed by atoms with Gasteiger partial charge in [0.05, 0.1) is 21.9 Å². The van der Waals surface area contributed by atoms with Gasteiger partial charge < -0.3 is 16.4 Å². The highest BCUT2D eigenvalue weighted by atomic mass is 32.1. The van der Waals surface area contributed by atoms with E-state index in [2.05, 4.69) is 21.7 Å². The average Bonchev–Trinajstić information content (AvgIpc) is 3.14. The van der Waals surface area contributed by atoms with Gasteiger partial charge in [-0.2, -0.15) is 5.26 Å². The lowest BCUT2D eigenvalue weighted by molar-refractivity contribution is 0.100. The average molecular weight is 377 g/mol. The van der Waals surface area contributed by atoms with Crippen molar-refractivity contribution in [3.63, 3.8) is 0 Å². The van der Waals surface area contributed by atoms with Gasteiger partial charge in [-0.15, -0.1) is 11.3 Å². The molecular weight excluding hydrogens is 358 g/mol. The summed E-state index contributed by atoms with van der Waals surface area (Å²) < 4.78 is 0.836. The fraction of sp³-hybridized carbons (Fsp3) is 0.250. The van der Waals surface area contributed by atoms with Crippen LogP contribution < -0.4 is 16.4 Å². The summed E-state index contributed by atoms with van der Waals surface area (Å²) in [5, 5.41) is 16.8. The minimum Gasteiger partial charge on any atom is -0.366 e. The molecule has 0 unspecified atom stereocenters. The molecule has 6 nitrogen and oxygen atoms in total. The Labute approximate surface area is 161 Å². The highest BCUT2D eigenvalue weighted by Crippen LogP contribution is 2.38. The molecule has 0 saturated carbocycles. The number of nitrogens with two attached hydrogens (primary N) is 1. The van der Waals surface area contributed by atoms with Crippen LogP contribution in [0.15, 0.2) is 36.5 Å². The van der Waals surface area contributed by atoms with Crippen LogP contribution in [0.1, 0.15) is 28.8 Å². The van der Waals surface area contributed by atoms with Crippen molar-refractivity contribution in [3.8, 4) is 16.5 Å². The molecule has 1 atom stereocenters. The van der Waals surface area contributed by atoms with E-state index in [1.54, 1.807) is 18.3 Å². The summed E-state index contributed by atoms with van der Waals surface area (Å²) >= 11 is 1.52. The highest BCUT2D eigenvalue weighted by molar-refractivity contribution is 7.22. The molecule has 0 bridgehead atoms. The predicted molar refractivity (Wildman–Crippen MR) is 108 cm³/mol. The standard InChI is InChI=1S/C20H19N5OS/c21-9-12-3-5-13(6-4-12)17-8-15-18(27-17)16(19(22)26)11-24-20(15)25-14-2-1-7-23-10-14/h3-6,8,11,14,23H,1-2,7,10H2,(H2,22,26)(H,24,25)/t14-/m0/s1. The van der Waals surface area contributed by atoms with Gasteiger partial charge in [-0.3, -0.25) is 4.79 Å². The normalized spacial score (nSPS) is 16.8. The third-order valence-electron chi connectivity index (χ3n) is 4.76. The number of pyridine rings is 1. The molecule has 1 aliphatic heterocycles. The van der Waals surface area contributed by atoms with Gasteiger partial charge in [-0.25, -0.2) is 4.98 Å². The first-order valence-electron chi connectivity index (χ1n) is 8.86. The summed E-state index contributed by atoms with van der Waals surface area (Å²) in [6, 6.07) is 11.9. The van der Waals surface area contributed by atoms with Gasteiger partial charge in [0.25, 0.3) is 5.91 Å². The molecule has 3 aromatic rings. The molecule has 7 heteroatoms. The van der Waals surface area contributed by atoms with Crippen LogP contribution >= 0.6 is 11.3 Å². The smallest absolute Gasteiger partial charge is 0.251 e. The molecule has 4 N–H and O–H groups in total. The molecule has 4 rings (SSSR count). The lowest BCUT2D eigenvalue weighted by Gasteiger charge is -2.24. The first kappa shape index (κ1) is 17.5. The van der Waals surface area contributed by atoms with Crippen LogP contribution in [0, 0.1) is 11.3 Å². The third-order valence-corrected chi connectivity index (χ3v) is 5.97. The van der Waals surface area contributed by atoms with Crippen LogP contribution in [0.25, 0.3) is 20.5 Å². The molecule has 1 fully saturated rings. The molecule has 1 aromatic carbocycles. The zero-order valence-corrected chi connectivity index (χ0v) is 15.5. The van der Waals surface area contributed by atoms with Crippen LogP contribution in [-0.4, -0.2) is 30.0 Å². The second-order valence-corrected chi connectivity index (χ2v) is 7.67. The Morgan fingerprint density at radius 1 is 1.37 bits per heavy atom. The highest BCUT2D eigenvalue weighted by Gasteiger charge is 2.19. The SMILES string of the molecule is N#Cc1ccc(-c2cc3c(N[C@H]4CCCNC4)ncc(C(N)=O)c3s2)cc1. The van der Waals surface area contributed by atoms with E-state index in [0.29, 0.717) is 17.2 Å². The molecule has 0 spiro atoms. The lowest BCUT2D eigenvalue weighted by Crippen LogP contribution is -2.38. The Bertz CT molecular complexity index is 1030. The van der Waals surface area contributed by atoms with Gasteiger partial charge in [-0.1, -0.05) is 12.1 Å². The summed E-state index contributed by atoms with van der Waals surface area (Å²) in [5.74, 6) is 0.298. The summed E-state index contributed by atoms with van der Waals surface area (Å²) in [6.45, 7) is 1.94. The van der Waals surface area contributed by atoms with E-state index in [9.17, 15) is 4.79 Å². The van der Waals surface area contributed by atoms with Gasteiger partial charge in [-0.05, 0) is 43.1 Å². The van der Waals surface area contributed by atoms with Crippen molar-refractivity contribution >= 4 is 33.1 Å². The van der Waals surface area contributed by atoms with Crippen molar-refractivity contribution < 1.29 is 4.79 Å². The van der Waals surface area contributed by atoms with Crippen LogP contribution in [0.3, 0.4) is 0 Å².